The van der Waals surface area contributed by atoms with E-state index < -0.39 is 0 Å². The van der Waals surface area contributed by atoms with Gasteiger partial charge in [0.1, 0.15) is 11.5 Å². The van der Waals surface area contributed by atoms with E-state index >= 15 is 0 Å². The molecule has 16 heavy (non-hydrogen) atoms. The fraction of sp³-hybridized carbons (Fsp3) is 0.667. The number of furan rings is 1. The summed E-state index contributed by atoms with van der Waals surface area (Å²) in [6.45, 7) is 4.63. The van der Waals surface area contributed by atoms with Crippen LogP contribution >= 0.6 is 0 Å². The summed E-state index contributed by atoms with van der Waals surface area (Å²) in [5, 5.41) is 0. The average molecular weight is 224 g/mol. The smallest absolute Gasteiger partial charge is 0.122 e. The number of hydrogen-bond acceptors (Lipinski definition) is 4. The second-order valence-corrected chi connectivity index (χ2v) is 4.37. The zero-order valence-corrected chi connectivity index (χ0v) is 9.98. The fourth-order valence-corrected chi connectivity index (χ4v) is 2.35. The van der Waals surface area contributed by atoms with Gasteiger partial charge in [0, 0.05) is 26.2 Å². The lowest BCUT2D eigenvalue weighted by Crippen LogP contribution is -2.33. The number of likely N-dealkylation sites (tertiary alicyclic amines) is 1. The topological polar surface area (TPSA) is 51.6 Å². The van der Waals surface area contributed by atoms with Crippen molar-refractivity contribution in [2.75, 3.05) is 26.8 Å². The Hall–Kier alpha value is -0.840. The molecule has 0 amide bonds. The van der Waals surface area contributed by atoms with Crippen molar-refractivity contribution in [1.29, 1.82) is 0 Å². The average Bonchev–Trinajstić information content (AvgIpc) is 2.82. The highest BCUT2D eigenvalue weighted by atomic mass is 16.5. The molecular formula is C12H20N2O2. The number of rotatable bonds is 4. The first-order valence-corrected chi connectivity index (χ1v) is 5.77. The number of nitrogens with zero attached hydrogens (tertiary/aromatic N) is 1. The highest BCUT2D eigenvalue weighted by Crippen LogP contribution is 2.31. The number of nitrogens with two attached hydrogens (primary N) is 1. The van der Waals surface area contributed by atoms with Crippen molar-refractivity contribution in [3.05, 3.63) is 23.7 Å². The predicted octanol–water partition coefficient (Wildman–Crippen LogP) is 1.31. The molecule has 2 atom stereocenters. The number of ether oxygens (including phenoxy) is 1. The summed E-state index contributed by atoms with van der Waals surface area (Å²) < 4.78 is 10.8. The molecule has 2 heterocycles. The molecule has 1 aromatic heterocycles. The van der Waals surface area contributed by atoms with Gasteiger partial charge in [0.2, 0.25) is 0 Å². The van der Waals surface area contributed by atoms with Crippen LogP contribution in [0.15, 0.2) is 16.5 Å². The molecule has 4 heteroatoms. The Bertz CT molecular complexity index is 338. The van der Waals surface area contributed by atoms with Gasteiger partial charge in [0.05, 0.1) is 12.6 Å². The summed E-state index contributed by atoms with van der Waals surface area (Å²) in [4.78, 5) is 2.34. The maximum absolute atomic E-state index is 6.14. The van der Waals surface area contributed by atoms with Gasteiger partial charge in [0.25, 0.3) is 0 Å². The van der Waals surface area contributed by atoms with Gasteiger partial charge in [-0.3, -0.25) is 4.90 Å². The van der Waals surface area contributed by atoms with Gasteiger partial charge in [-0.2, -0.15) is 0 Å². The Labute approximate surface area is 96.4 Å². The lowest BCUT2D eigenvalue weighted by atomic mass is 10.1. The molecule has 0 saturated carbocycles. The van der Waals surface area contributed by atoms with Crippen LogP contribution in [0.5, 0.6) is 0 Å². The van der Waals surface area contributed by atoms with Gasteiger partial charge >= 0.3 is 0 Å². The lowest BCUT2D eigenvalue weighted by molar-refractivity contribution is 0.131. The van der Waals surface area contributed by atoms with E-state index in [1.807, 2.05) is 19.1 Å². The van der Waals surface area contributed by atoms with Gasteiger partial charge < -0.3 is 14.9 Å². The maximum atomic E-state index is 6.14. The van der Waals surface area contributed by atoms with Crippen LogP contribution < -0.4 is 5.73 Å². The molecule has 0 bridgehead atoms. The van der Waals surface area contributed by atoms with Crippen molar-refractivity contribution in [1.82, 2.24) is 4.90 Å². The van der Waals surface area contributed by atoms with E-state index in [0.29, 0.717) is 0 Å². The first-order chi connectivity index (χ1) is 7.72. The van der Waals surface area contributed by atoms with E-state index in [1.165, 1.54) is 0 Å². The summed E-state index contributed by atoms with van der Waals surface area (Å²) in [5.74, 6) is 1.93. The third-order valence-corrected chi connectivity index (χ3v) is 3.18. The molecule has 0 radical (unpaired) electrons. The summed E-state index contributed by atoms with van der Waals surface area (Å²) in [6.07, 6.45) is 1.02. The lowest BCUT2D eigenvalue weighted by Gasteiger charge is -2.24. The Morgan fingerprint density at radius 3 is 3.00 bits per heavy atom. The minimum Gasteiger partial charge on any atom is -0.465 e. The van der Waals surface area contributed by atoms with Crippen LogP contribution in [0.1, 0.15) is 24.0 Å². The highest BCUT2D eigenvalue weighted by molar-refractivity contribution is 5.14. The molecule has 2 rings (SSSR count). The van der Waals surface area contributed by atoms with Crippen molar-refractivity contribution in [3.8, 4) is 0 Å². The van der Waals surface area contributed by atoms with Crippen molar-refractivity contribution < 1.29 is 9.15 Å². The van der Waals surface area contributed by atoms with Gasteiger partial charge in [-0.25, -0.2) is 0 Å². The second kappa shape index (κ2) is 4.99. The fourth-order valence-electron chi connectivity index (χ4n) is 2.35. The molecular weight excluding hydrogens is 204 g/mol. The van der Waals surface area contributed by atoms with Crippen LogP contribution in [0, 0.1) is 6.92 Å². The molecule has 1 saturated heterocycles. The summed E-state index contributed by atoms with van der Waals surface area (Å²) >= 11 is 0. The maximum Gasteiger partial charge on any atom is 0.122 e. The largest absolute Gasteiger partial charge is 0.465 e. The van der Waals surface area contributed by atoms with E-state index in [4.69, 9.17) is 14.9 Å². The van der Waals surface area contributed by atoms with E-state index in [0.717, 1.165) is 37.6 Å². The van der Waals surface area contributed by atoms with Crippen LogP contribution in [0.25, 0.3) is 0 Å². The molecule has 90 valence electrons. The highest BCUT2D eigenvalue weighted by Gasteiger charge is 2.34. The summed E-state index contributed by atoms with van der Waals surface area (Å²) in [5.41, 5.74) is 6.14. The summed E-state index contributed by atoms with van der Waals surface area (Å²) in [6, 6.07) is 4.41. The van der Waals surface area contributed by atoms with Crippen LogP contribution in [-0.2, 0) is 4.74 Å². The summed E-state index contributed by atoms with van der Waals surface area (Å²) in [7, 11) is 1.72. The molecule has 1 aromatic rings. The Morgan fingerprint density at radius 1 is 1.56 bits per heavy atom. The minimum absolute atomic E-state index is 0.169. The van der Waals surface area contributed by atoms with Crippen molar-refractivity contribution >= 4 is 0 Å². The number of hydrogen-bond donors (Lipinski definition) is 1. The van der Waals surface area contributed by atoms with Gasteiger partial charge in [0.15, 0.2) is 0 Å². The van der Waals surface area contributed by atoms with E-state index in [9.17, 15) is 0 Å². The van der Waals surface area contributed by atoms with Crippen molar-refractivity contribution in [2.45, 2.75) is 25.4 Å². The first kappa shape index (κ1) is 11.6. The normalized spacial score (nSPS) is 26.4. The SMILES string of the molecule is COCCN1CCC(N)C1c1ccc(C)o1. The van der Waals surface area contributed by atoms with Crippen LogP contribution in [0.2, 0.25) is 0 Å². The monoisotopic (exact) mass is 224 g/mol. The van der Waals surface area contributed by atoms with E-state index in [-0.39, 0.29) is 12.1 Å². The Kier molecular flexibility index (Phi) is 3.63. The molecule has 0 spiro atoms. The standard InChI is InChI=1S/C12H20N2O2/c1-9-3-4-11(16-9)12-10(13)5-6-14(12)7-8-15-2/h3-4,10,12H,5-8,13H2,1-2H3. The second-order valence-electron chi connectivity index (χ2n) is 4.37. The van der Waals surface area contributed by atoms with Crippen LogP contribution in [-0.4, -0.2) is 37.7 Å². The van der Waals surface area contributed by atoms with Crippen molar-refractivity contribution in [2.24, 2.45) is 5.73 Å². The molecule has 0 aromatic carbocycles. The van der Waals surface area contributed by atoms with Gasteiger partial charge in [-0.1, -0.05) is 0 Å². The van der Waals surface area contributed by atoms with E-state index in [2.05, 4.69) is 4.90 Å². The molecule has 2 unspecified atom stereocenters. The molecule has 1 fully saturated rings. The zero-order chi connectivity index (χ0) is 11.5. The number of methoxy groups -OCH3 is 1. The molecule has 4 nitrogen and oxygen atoms in total. The van der Waals surface area contributed by atoms with Crippen LogP contribution in [0.4, 0.5) is 0 Å². The Morgan fingerprint density at radius 2 is 2.38 bits per heavy atom. The zero-order valence-electron chi connectivity index (χ0n) is 9.98. The molecule has 1 aliphatic rings. The van der Waals surface area contributed by atoms with E-state index in [1.54, 1.807) is 7.11 Å². The quantitative estimate of drug-likeness (QED) is 0.837. The molecule has 1 aliphatic heterocycles. The van der Waals surface area contributed by atoms with Gasteiger partial charge in [-0.15, -0.1) is 0 Å². The molecule has 2 N–H and O–H groups in total. The molecule has 0 aliphatic carbocycles. The predicted molar refractivity (Wildman–Crippen MR) is 62.2 cm³/mol. The minimum atomic E-state index is 0.169. The third kappa shape index (κ3) is 2.29. The first-order valence-electron chi connectivity index (χ1n) is 5.77. The van der Waals surface area contributed by atoms with Gasteiger partial charge in [-0.05, 0) is 25.5 Å². The Balaban J connectivity index is 2.09. The third-order valence-electron chi connectivity index (χ3n) is 3.18. The van der Waals surface area contributed by atoms with Crippen molar-refractivity contribution in [3.63, 3.8) is 0 Å². The van der Waals surface area contributed by atoms with Crippen LogP contribution in [0.3, 0.4) is 0 Å². The number of aryl methyl sites for hydroxylation is 1.